The Morgan fingerprint density at radius 1 is 1.09 bits per heavy atom. The highest BCUT2D eigenvalue weighted by Gasteiger charge is 2.26. The molecule has 1 aromatic carbocycles. The average molecular weight is 548 g/mol. The standard InChI is InChI=1S/C24H31BrN6O2S/c1-14-12-33-13-15(2)31(14)11-18-10-22(29-23(27-18)26-17-4-6-19(32)7-5-17)30-24-28-20-8-3-16(25)9-21(20)34-24/h3,8-10,14-15,17,19,32H,4-7,11-13H2,1-2H3,(H2,26,27,28,29,30)/t14-,15+,17-,19-. The van der Waals surface area contributed by atoms with Crippen LogP contribution in [0.25, 0.3) is 10.2 Å². The van der Waals surface area contributed by atoms with E-state index < -0.39 is 0 Å². The van der Waals surface area contributed by atoms with Crippen LogP contribution in [0.1, 0.15) is 45.2 Å². The zero-order chi connectivity index (χ0) is 23.7. The molecule has 0 unspecified atom stereocenters. The van der Waals surface area contributed by atoms with E-state index in [9.17, 15) is 5.11 Å². The molecule has 2 aliphatic rings. The average Bonchev–Trinajstić information content (AvgIpc) is 3.19. The van der Waals surface area contributed by atoms with E-state index in [1.807, 2.05) is 18.2 Å². The highest BCUT2D eigenvalue weighted by atomic mass is 79.9. The molecule has 0 spiro atoms. The number of nitrogens with one attached hydrogen (secondary N) is 2. The molecule has 1 saturated carbocycles. The van der Waals surface area contributed by atoms with Gasteiger partial charge in [0.05, 0.1) is 35.2 Å². The van der Waals surface area contributed by atoms with Gasteiger partial charge < -0.3 is 20.5 Å². The molecule has 3 aromatic rings. The van der Waals surface area contributed by atoms with Gasteiger partial charge in [-0.25, -0.2) is 9.97 Å². The molecule has 1 aliphatic carbocycles. The Labute approximate surface area is 212 Å². The minimum atomic E-state index is -0.189. The van der Waals surface area contributed by atoms with Gasteiger partial charge in [-0.3, -0.25) is 4.90 Å². The third-order valence-electron chi connectivity index (χ3n) is 6.59. The molecule has 5 rings (SSSR count). The first-order valence-electron chi connectivity index (χ1n) is 11.9. The van der Waals surface area contributed by atoms with Crippen LogP contribution in [0.4, 0.5) is 16.9 Å². The summed E-state index contributed by atoms with van der Waals surface area (Å²) in [5.74, 6) is 1.36. The predicted molar refractivity (Wildman–Crippen MR) is 140 cm³/mol. The van der Waals surface area contributed by atoms with Crippen LogP contribution < -0.4 is 10.6 Å². The van der Waals surface area contributed by atoms with Gasteiger partial charge in [-0.05, 0) is 57.7 Å². The number of rotatable bonds is 6. The first-order valence-corrected chi connectivity index (χ1v) is 13.5. The number of morpholine rings is 1. The van der Waals surface area contributed by atoms with Crippen molar-refractivity contribution in [2.45, 2.75) is 70.3 Å². The molecule has 34 heavy (non-hydrogen) atoms. The second kappa shape index (κ2) is 10.4. The van der Waals surface area contributed by atoms with Crippen LogP contribution in [0.15, 0.2) is 28.7 Å². The van der Waals surface area contributed by atoms with E-state index >= 15 is 0 Å². The summed E-state index contributed by atoms with van der Waals surface area (Å²) in [6, 6.07) is 9.04. The third-order valence-corrected chi connectivity index (χ3v) is 8.02. The van der Waals surface area contributed by atoms with Gasteiger partial charge in [0.1, 0.15) is 5.82 Å². The minimum absolute atomic E-state index is 0.189. The first kappa shape index (κ1) is 23.9. The smallest absolute Gasteiger partial charge is 0.225 e. The zero-order valence-electron chi connectivity index (χ0n) is 19.5. The van der Waals surface area contributed by atoms with Crippen molar-refractivity contribution < 1.29 is 9.84 Å². The summed E-state index contributed by atoms with van der Waals surface area (Å²) in [5, 5.41) is 17.6. The molecule has 0 amide bonds. The molecule has 8 nitrogen and oxygen atoms in total. The van der Waals surface area contributed by atoms with Crippen molar-refractivity contribution in [2.24, 2.45) is 0 Å². The number of nitrogens with zero attached hydrogens (tertiary/aromatic N) is 4. The van der Waals surface area contributed by atoms with Crippen LogP contribution in [0.5, 0.6) is 0 Å². The van der Waals surface area contributed by atoms with Crippen molar-refractivity contribution in [1.29, 1.82) is 0 Å². The van der Waals surface area contributed by atoms with Crippen LogP contribution in [0, 0.1) is 0 Å². The van der Waals surface area contributed by atoms with Gasteiger partial charge in [-0.1, -0.05) is 27.3 Å². The van der Waals surface area contributed by atoms with E-state index in [0.717, 1.165) is 76.8 Å². The molecule has 0 radical (unpaired) electrons. The number of hydrogen-bond donors (Lipinski definition) is 3. The maximum absolute atomic E-state index is 9.86. The van der Waals surface area contributed by atoms with Crippen LogP contribution in [-0.4, -0.2) is 62.4 Å². The first-order chi connectivity index (χ1) is 16.4. The predicted octanol–water partition coefficient (Wildman–Crippen LogP) is 4.92. The van der Waals surface area contributed by atoms with Crippen LogP contribution in [0.2, 0.25) is 0 Å². The van der Waals surface area contributed by atoms with E-state index in [1.165, 1.54) is 0 Å². The molecule has 2 atom stereocenters. The van der Waals surface area contributed by atoms with Crippen molar-refractivity contribution in [3.63, 3.8) is 0 Å². The summed E-state index contributed by atoms with van der Waals surface area (Å²) in [4.78, 5) is 16.8. The Morgan fingerprint density at radius 3 is 2.62 bits per heavy atom. The van der Waals surface area contributed by atoms with Gasteiger partial charge in [0.2, 0.25) is 5.95 Å². The molecule has 1 aliphatic heterocycles. The Hall–Kier alpha value is -1.85. The number of anilines is 3. The second-order valence-corrected chi connectivity index (χ2v) is 11.3. The summed E-state index contributed by atoms with van der Waals surface area (Å²) in [7, 11) is 0. The van der Waals surface area contributed by atoms with Gasteiger partial charge >= 0.3 is 0 Å². The highest BCUT2D eigenvalue weighted by Crippen LogP contribution is 2.31. The SMILES string of the molecule is C[C@@H]1COC[C@H](C)N1Cc1cc(Nc2nc3ccc(Br)cc3s2)nc(N[C@H]2CC[C@H](O)CC2)n1. The lowest BCUT2D eigenvalue weighted by Gasteiger charge is -2.38. The van der Waals surface area contributed by atoms with Gasteiger partial charge in [-0.15, -0.1) is 0 Å². The molecule has 0 bridgehead atoms. The van der Waals surface area contributed by atoms with E-state index in [2.05, 4.69) is 51.4 Å². The van der Waals surface area contributed by atoms with Crippen molar-refractivity contribution in [2.75, 3.05) is 23.8 Å². The Bertz CT molecular complexity index is 1130. The number of thiazole rings is 1. The summed E-state index contributed by atoms with van der Waals surface area (Å²) in [6.07, 6.45) is 3.27. The molecular formula is C24H31BrN6O2S. The Morgan fingerprint density at radius 2 is 1.85 bits per heavy atom. The fraction of sp³-hybridized carbons (Fsp3) is 0.542. The van der Waals surface area contributed by atoms with Gasteiger partial charge in [0.15, 0.2) is 5.13 Å². The number of hydrogen-bond acceptors (Lipinski definition) is 9. The molecule has 3 heterocycles. The number of ether oxygens (including phenoxy) is 1. The van der Waals surface area contributed by atoms with Crippen molar-refractivity contribution in [3.8, 4) is 0 Å². The highest BCUT2D eigenvalue weighted by molar-refractivity contribution is 9.10. The van der Waals surface area contributed by atoms with E-state index in [4.69, 9.17) is 19.7 Å². The fourth-order valence-electron chi connectivity index (χ4n) is 4.71. The monoisotopic (exact) mass is 546 g/mol. The maximum Gasteiger partial charge on any atom is 0.225 e. The number of halogens is 1. The lowest BCUT2D eigenvalue weighted by atomic mass is 9.93. The maximum atomic E-state index is 9.86. The lowest BCUT2D eigenvalue weighted by Crippen LogP contribution is -2.49. The minimum Gasteiger partial charge on any atom is -0.393 e. The van der Waals surface area contributed by atoms with E-state index in [1.54, 1.807) is 11.3 Å². The Balaban J connectivity index is 1.40. The molecule has 3 N–H and O–H groups in total. The molecular weight excluding hydrogens is 516 g/mol. The van der Waals surface area contributed by atoms with Crippen LogP contribution in [-0.2, 0) is 11.3 Å². The van der Waals surface area contributed by atoms with Gasteiger partial charge in [0.25, 0.3) is 0 Å². The van der Waals surface area contributed by atoms with Gasteiger partial charge in [-0.2, -0.15) is 4.98 Å². The fourth-order valence-corrected chi connectivity index (χ4v) is 6.13. The van der Waals surface area contributed by atoms with Gasteiger partial charge in [0, 0.05) is 35.2 Å². The molecule has 182 valence electrons. The van der Waals surface area contributed by atoms with Crippen molar-refractivity contribution in [3.05, 3.63) is 34.4 Å². The molecule has 2 fully saturated rings. The Kier molecular flexibility index (Phi) is 7.31. The summed E-state index contributed by atoms with van der Waals surface area (Å²) in [6.45, 7) is 6.59. The number of aliphatic hydroxyl groups excluding tert-OH is 1. The normalized spacial score (nSPS) is 26.0. The van der Waals surface area contributed by atoms with Crippen LogP contribution >= 0.6 is 27.3 Å². The number of fused-ring (bicyclic) bond motifs is 1. The summed E-state index contributed by atoms with van der Waals surface area (Å²) < 4.78 is 7.86. The molecule has 10 heteroatoms. The molecule has 2 aromatic heterocycles. The molecule has 1 saturated heterocycles. The van der Waals surface area contributed by atoms with Crippen molar-refractivity contribution >= 4 is 54.4 Å². The number of aromatic nitrogens is 3. The number of benzene rings is 1. The summed E-state index contributed by atoms with van der Waals surface area (Å²) in [5.41, 5.74) is 1.92. The lowest BCUT2D eigenvalue weighted by molar-refractivity contribution is -0.0414. The quantitative estimate of drug-likeness (QED) is 0.401. The zero-order valence-corrected chi connectivity index (χ0v) is 21.9. The summed E-state index contributed by atoms with van der Waals surface area (Å²) >= 11 is 5.14. The second-order valence-electron chi connectivity index (χ2n) is 9.38. The van der Waals surface area contributed by atoms with E-state index in [0.29, 0.717) is 18.0 Å². The van der Waals surface area contributed by atoms with Crippen LogP contribution in [0.3, 0.4) is 0 Å². The van der Waals surface area contributed by atoms with Crippen molar-refractivity contribution in [1.82, 2.24) is 19.9 Å². The largest absolute Gasteiger partial charge is 0.393 e. The van der Waals surface area contributed by atoms with E-state index in [-0.39, 0.29) is 12.1 Å². The topological polar surface area (TPSA) is 95.4 Å². The number of aliphatic hydroxyl groups is 1. The third kappa shape index (κ3) is 5.68.